The molecule has 2 aromatic carbocycles. The van der Waals surface area contributed by atoms with E-state index in [1.807, 2.05) is 24.3 Å². The average Bonchev–Trinajstić information content (AvgIpc) is 2.67. The Kier molecular flexibility index (Phi) is 11.4. The highest BCUT2D eigenvalue weighted by molar-refractivity contribution is 14.0. The smallest absolute Gasteiger partial charge is 0.191 e. The minimum Gasteiger partial charge on any atom is -0.497 e. The lowest BCUT2D eigenvalue weighted by Crippen LogP contribution is -2.38. The van der Waals surface area contributed by atoms with Crippen LogP contribution >= 0.6 is 24.0 Å². The Bertz CT molecular complexity index is 721. The summed E-state index contributed by atoms with van der Waals surface area (Å²) in [5.74, 6) is 2.39. The lowest BCUT2D eigenvalue weighted by molar-refractivity contribution is 0.321. The van der Waals surface area contributed by atoms with Crippen molar-refractivity contribution in [1.82, 2.24) is 15.5 Å². The van der Waals surface area contributed by atoms with E-state index in [-0.39, 0.29) is 24.0 Å². The number of ether oxygens (including phenoxy) is 2. The van der Waals surface area contributed by atoms with Gasteiger partial charge in [0.05, 0.1) is 13.7 Å². The van der Waals surface area contributed by atoms with E-state index >= 15 is 0 Å². The van der Waals surface area contributed by atoms with E-state index in [0.717, 1.165) is 30.5 Å². The first-order valence-corrected chi connectivity index (χ1v) is 9.04. The van der Waals surface area contributed by atoms with Crippen LogP contribution in [0.5, 0.6) is 11.5 Å². The van der Waals surface area contributed by atoms with Crippen LogP contribution in [0.25, 0.3) is 0 Å². The zero-order chi connectivity index (χ0) is 19.5. The van der Waals surface area contributed by atoms with Crippen LogP contribution in [0, 0.1) is 0 Å². The molecule has 2 rings (SSSR count). The molecular formula is C21H31IN4O2. The van der Waals surface area contributed by atoms with Gasteiger partial charge in [-0.2, -0.15) is 0 Å². The number of methoxy groups -OCH3 is 1. The lowest BCUT2D eigenvalue weighted by atomic mass is 10.1. The molecule has 0 heterocycles. The van der Waals surface area contributed by atoms with Crippen LogP contribution in [0.15, 0.2) is 53.5 Å². The molecule has 0 unspecified atom stereocenters. The Morgan fingerprint density at radius 2 is 1.68 bits per heavy atom. The molecule has 7 heteroatoms. The summed E-state index contributed by atoms with van der Waals surface area (Å²) in [6.45, 7) is 2.86. The van der Waals surface area contributed by atoms with Gasteiger partial charge in [-0.25, -0.2) is 0 Å². The van der Waals surface area contributed by atoms with Crippen molar-refractivity contribution in [3.8, 4) is 11.5 Å². The van der Waals surface area contributed by atoms with Crippen LogP contribution in [0.1, 0.15) is 11.1 Å². The maximum absolute atomic E-state index is 5.71. The van der Waals surface area contributed by atoms with Gasteiger partial charge in [0.2, 0.25) is 0 Å². The molecule has 0 radical (unpaired) electrons. The molecule has 0 aliphatic carbocycles. The molecule has 0 aliphatic rings. The fourth-order valence-electron chi connectivity index (χ4n) is 2.62. The van der Waals surface area contributed by atoms with Gasteiger partial charge in [-0.05, 0) is 49.5 Å². The van der Waals surface area contributed by atoms with Crippen molar-refractivity contribution in [2.24, 2.45) is 4.99 Å². The molecule has 28 heavy (non-hydrogen) atoms. The molecule has 0 aliphatic heterocycles. The summed E-state index contributed by atoms with van der Waals surface area (Å²) in [6, 6.07) is 16.1. The Morgan fingerprint density at radius 3 is 2.32 bits per heavy atom. The SMILES string of the molecule is CN=C(NCCOc1ccc(OC)cc1)NCc1cccc(CN(C)C)c1.I. The highest BCUT2D eigenvalue weighted by atomic mass is 127. The van der Waals surface area contributed by atoms with Crippen LogP contribution < -0.4 is 20.1 Å². The van der Waals surface area contributed by atoms with Crippen molar-refractivity contribution in [2.75, 3.05) is 41.4 Å². The third-order valence-corrected chi connectivity index (χ3v) is 3.90. The highest BCUT2D eigenvalue weighted by Gasteiger charge is 2.01. The predicted molar refractivity (Wildman–Crippen MR) is 126 cm³/mol. The van der Waals surface area contributed by atoms with E-state index in [4.69, 9.17) is 9.47 Å². The van der Waals surface area contributed by atoms with E-state index < -0.39 is 0 Å². The van der Waals surface area contributed by atoms with E-state index in [1.165, 1.54) is 11.1 Å². The lowest BCUT2D eigenvalue weighted by Gasteiger charge is -2.14. The van der Waals surface area contributed by atoms with Gasteiger partial charge >= 0.3 is 0 Å². The first kappa shape index (κ1) is 24.0. The molecule has 0 spiro atoms. The molecule has 0 bridgehead atoms. The van der Waals surface area contributed by atoms with E-state index in [9.17, 15) is 0 Å². The number of hydrogen-bond acceptors (Lipinski definition) is 4. The van der Waals surface area contributed by atoms with Crippen molar-refractivity contribution in [1.29, 1.82) is 0 Å². The molecule has 0 saturated carbocycles. The molecule has 2 N–H and O–H groups in total. The summed E-state index contributed by atoms with van der Waals surface area (Å²) >= 11 is 0. The maximum atomic E-state index is 5.71. The molecule has 0 aromatic heterocycles. The molecule has 0 saturated heterocycles. The third kappa shape index (κ3) is 8.79. The maximum Gasteiger partial charge on any atom is 0.191 e. The normalized spacial score (nSPS) is 11.0. The summed E-state index contributed by atoms with van der Waals surface area (Å²) in [5, 5.41) is 6.59. The second-order valence-electron chi connectivity index (χ2n) is 6.43. The number of guanidine groups is 1. The monoisotopic (exact) mass is 498 g/mol. The molecule has 2 aromatic rings. The zero-order valence-corrected chi connectivity index (χ0v) is 19.4. The zero-order valence-electron chi connectivity index (χ0n) is 17.1. The largest absolute Gasteiger partial charge is 0.497 e. The minimum atomic E-state index is 0. The molecular weight excluding hydrogens is 467 g/mol. The summed E-state index contributed by atoms with van der Waals surface area (Å²) in [4.78, 5) is 6.42. The van der Waals surface area contributed by atoms with Gasteiger partial charge in [0.1, 0.15) is 18.1 Å². The van der Waals surface area contributed by atoms with Gasteiger partial charge < -0.3 is 25.0 Å². The Hall–Kier alpha value is -2.00. The van der Waals surface area contributed by atoms with Crippen LogP contribution in [-0.4, -0.2) is 52.3 Å². The molecule has 6 nitrogen and oxygen atoms in total. The van der Waals surface area contributed by atoms with Crippen molar-refractivity contribution in [3.05, 3.63) is 59.7 Å². The quantitative estimate of drug-likeness (QED) is 0.241. The van der Waals surface area contributed by atoms with Crippen molar-refractivity contribution in [2.45, 2.75) is 13.1 Å². The molecule has 154 valence electrons. The van der Waals surface area contributed by atoms with E-state index in [0.29, 0.717) is 13.2 Å². The summed E-state index contributed by atoms with van der Waals surface area (Å²) in [6.07, 6.45) is 0. The molecule has 0 atom stereocenters. The number of nitrogens with zero attached hydrogens (tertiary/aromatic N) is 2. The number of aliphatic imine (C=N–C) groups is 1. The van der Waals surface area contributed by atoms with E-state index in [1.54, 1.807) is 14.2 Å². The summed E-state index contributed by atoms with van der Waals surface area (Å²) < 4.78 is 10.8. The number of rotatable bonds is 9. The van der Waals surface area contributed by atoms with Gasteiger partial charge in [-0.15, -0.1) is 24.0 Å². The molecule has 0 amide bonds. The van der Waals surface area contributed by atoms with Crippen LogP contribution in [0.4, 0.5) is 0 Å². The van der Waals surface area contributed by atoms with E-state index in [2.05, 4.69) is 58.9 Å². The van der Waals surface area contributed by atoms with Crippen molar-refractivity contribution < 1.29 is 9.47 Å². The highest BCUT2D eigenvalue weighted by Crippen LogP contribution is 2.16. The standard InChI is InChI=1S/C21H30N4O2.HI/c1-22-21(23-12-13-27-20-10-8-19(26-4)9-11-20)24-15-17-6-5-7-18(14-17)16-25(2)3;/h5-11,14H,12-13,15-16H2,1-4H3,(H2,22,23,24);1H. The first-order valence-electron chi connectivity index (χ1n) is 9.04. The van der Waals surface area contributed by atoms with Gasteiger partial charge in [-0.1, -0.05) is 24.3 Å². The Morgan fingerprint density at radius 1 is 1.00 bits per heavy atom. The topological polar surface area (TPSA) is 58.1 Å². The second kappa shape index (κ2) is 13.2. The minimum absolute atomic E-state index is 0. The molecule has 0 fully saturated rings. The third-order valence-electron chi connectivity index (χ3n) is 3.90. The first-order chi connectivity index (χ1) is 13.1. The summed E-state index contributed by atoms with van der Waals surface area (Å²) in [5.41, 5.74) is 2.53. The number of benzene rings is 2. The van der Waals surface area contributed by atoms with Crippen LogP contribution in [-0.2, 0) is 13.1 Å². The van der Waals surface area contributed by atoms with Crippen molar-refractivity contribution >= 4 is 29.9 Å². The Balaban J connectivity index is 0.00000392. The van der Waals surface area contributed by atoms with Gasteiger partial charge in [0.15, 0.2) is 5.96 Å². The number of nitrogens with one attached hydrogen (secondary N) is 2. The van der Waals surface area contributed by atoms with Crippen molar-refractivity contribution in [3.63, 3.8) is 0 Å². The number of halogens is 1. The van der Waals surface area contributed by atoms with Gasteiger partial charge in [0.25, 0.3) is 0 Å². The number of hydrogen-bond donors (Lipinski definition) is 2. The summed E-state index contributed by atoms with van der Waals surface area (Å²) in [7, 11) is 7.56. The predicted octanol–water partition coefficient (Wildman–Crippen LogP) is 3.12. The fraction of sp³-hybridized carbons (Fsp3) is 0.381. The van der Waals surface area contributed by atoms with Gasteiger partial charge in [0, 0.05) is 20.1 Å². The average molecular weight is 498 g/mol. The Labute approximate surface area is 185 Å². The fourth-order valence-corrected chi connectivity index (χ4v) is 2.62. The van der Waals surface area contributed by atoms with Crippen LogP contribution in [0.2, 0.25) is 0 Å². The van der Waals surface area contributed by atoms with Crippen LogP contribution in [0.3, 0.4) is 0 Å². The van der Waals surface area contributed by atoms with Gasteiger partial charge in [-0.3, -0.25) is 4.99 Å². The second-order valence-corrected chi connectivity index (χ2v) is 6.43.